The average Bonchev–Trinajstić information content (AvgIpc) is 3.25. The zero-order valence-electron chi connectivity index (χ0n) is 35.6. The summed E-state index contributed by atoms with van der Waals surface area (Å²) in [6, 6.07) is 21.0. The minimum atomic E-state index is -1.24. The van der Waals surface area contributed by atoms with Crippen LogP contribution in [0.15, 0.2) is 84.9 Å². The molecule has 62 heavy (non-hydrogen) atoms. The highest BCUT2D eigenvalue weighted by atomic mass is 35.5. The van der Waals surface area contributed by atoms with Crippen LogP contribution in [0.25, 0.3) is 22.3 Å². The van der Waals surface area contributed by atoms with Gasteiger partial charge >= 0.3 is 0 Å². The fourth-order valence-electron chi connectivity index (χ4n) is 7.55. The van der Waals surface area contributed by atoms with E-state index in [-0.39, 0.29) is 49.7 Å². The number of rotatable bonds is 16. The first-order valence-electron chi connectivity index (χ1n) is 20.9. The summed E-state index contributed by atoms with van der Waals surface area (Å²) in [6.45, 7) is 5.16. The number of Topliss-reactive ketones (excluding diaryl/α,β-unsaturated/α-hetero) is 3. The fourth-order valence-corrected chi connectivity index (χ4v) is 7.68. The molecule has 7 N–H and O–H groups in total. The molecule has 0 fully saturated rings. The van der Waals surface area contributed by atoms with E-state index in [4.69, 9.17) is 27.8 Å². The van der Waals surface area contributed by atoms with Crippen LogP contribution in [0, 0.1) is 11.8 Å². The van der Waals surface area contributed by atoms with Crippen LogP contribution >= 0.6 is 11.6 Å². The minimum Gasteiger partial charge on any atom is -0.507 e. The predicted octanol–water partition coefficient (Wildman–Crippen LogP) is 5.96. The highest BCUT2D eigenvalue weighted by Crippen LogP contribution is 2.40. The van der Waals surface area contributed by atoms with Gasteiger partial charge < -0.3 is 36.8 Å². The van der Waals surface area contributed by atoms with Crippen LogP contribution in [0.1, 0.15) is 80.4 Å². The molecule has 1 aliphatic heterocycles. The number of nitrogens with one attached hydrogen (secondary N) is 2. The van der Waals surface area contributed by atoms with E-state index in [9.17, 15) is 33.9 Å². The molecule has 0 unspecified atom stereocenters. The number of carbonyl (C=O) groups is 6. The Hall–Kier alpha value is -5.89. The Labute approximate surface area is 367 Å². The number of benzene rings is 4. The summed E-state index contributed by atoms with van der Waals surface area (Å²) in [7, 11) is 1.51. The Morgan fingerprint density at radius 2 is 1.58 bits per heavy atom. The third kappa shape index (κ3) is 11.9. The van der Waals surface area contributed by atoms with Gasteiger partial charge in [-0.2, -0.15) is 0 Å². The number of nitrogens with two attached hydrogens (primary N) is 2. The first-order chi connectivity index (χ1) is 29.6. The smallest absolute Gasteiger partial charge is 0.243 e. The predicted molar refractivity (Wildman–Crippen MR) is 239 cm³/mol. The van der Waals surface area contributed by atoms with Crippen molar-refractivity contribution in [3.8, 4) is 33.8 Å². The van der Waals surface area contributed by atoms with Crippen LogP contribution in [0.3, 0.4) is 0 Å². The van der Waals surface area contributed by atoms with Crippen molar-refractivity contribution in [2.45, 2.75) is 77.4 Å². The topological polar surface area (TPSA) is 211 Å². The number of likely N-dealkylation sites (N-methyl/N-ethyl adjacent to an activating group) is 1. The molecule has 0 saturated heterocycles. The number of phenolic OH excluding ortho intramolecular Hbond substituents is 1. The highest BCUT2D eigenvalue weighted by molar-refractivity contribution is 6.30. The van der Waals surface area contributed by atoms with Gasteiger partial charge in [0.1, 0.15) is 30.2 Å². The van der Waals surface area contributed by atoms with Crippen molar-refractivity contribution in [2.24, 2.45) is 23.3 Å². The lowest BCUT2D eigenvalue weighted by molar-refractivity contribution is -0.142. The molecule has 14 heteroatoms. The molecule has 4 aromatic carbocycles. The second-order valence-corrected chi connectivity index (χ2v) is 16.4. The Morgan fingerprint density at radius 1 is 0.903 bits per heavy atom. The summed E-state index contributed by atoms with van der Waals surface area (Å²) in [6.07, 6.45) is 1.06. The van der Waals surface area contributed by atoms with Crippen molar-refractivity contribution in [2.75, 3.05) is 26.7 Å². The molecule has 1 heterocycles. The number of ether oxygens (including phenoxy) is 1. The normalized spacial score (nSPS) is 17.5. The quantitative estimate of drug-likeness (QED) is 0.0659. The lowest BCUT2D eigenvalue weighted by Gasteiger charge is -2.32. The summed E-state index contributed by atoms with van der Waals surface area (Å²) >= 11 is 6.07. The molecule has 0 aliphatic carbocycles. The number of phenols is 1. The van der Waals surface area contributed by atoms with Crippen molar-refractivity contribution in [3.05, 3.63) is 107 Å². The maximum absolute atomic E-state index is 14.7. The number of hydrogen-bond acceptors (Lipinski definition) is 10. The van der Waals surface area contributed by atoms with Gasteiger partial charge in [-0.05, 0) is 91.9 Å². The molecule has 4 bridgehead atoms. The molecule has 13 nitrogen and oxygen atoms in total. The van der Waals surface area contributed by atoms with Crippen LogP contribution < -0.4 is 26.8 Å². The molecule has 1 aliphatic rings. The molecule has 0 saturated carbocycles. The fraction of sp³-hybridized carbons (Fsp3) is 0.375. The third-order valence-corrected chi connectivity index (χ3v) is 11.5. The number of ketones is 3. The molecule has 0 spiro atoms. The maximum Gasteiger partial charge on any atom is 0.243 e. The molecule has 3 amide bonds. The zero-order valence-corrected chi connectivity index (χ0v) is 36.4. The van der Waals surface area contributed by atoms with Crippen molar-refractivity contribution < 1.29 is 38.6 Å². The Bertz CT molecular complexity index is 2260. The molecule has 328 valence electrons. The Balaban J connectivity index is 1.54. The Morgan fingerprint density at radius 3 is 2.23 bits per heavy atom. The number of nitrogens with zero attached hydrogens (tertiary/aromatic N) is 1. The molecule has 5 rings (SSSR count). The van der Waals surface area contributed by atoms with Crippen LogP contribution in [-0.4, -0.2) is 83.9 Å². The van der Waals surface area contributed by atoms with E-state index in [0.29, 0.717) is 64.4 Å². The summed E-state index contributed by atoms with van der Waals surface area (Å²) < 4.78 is 6.02. The summed E-state index contributed by atoms with van der Waals surface area (Å²) in [4.78, 5) is 84.0. The van der Waals surface area contributed by atoms with Gasteiger partial charge in [0.25, 0.3) is 0 Å². The van der Waals surface area contributed by atoms with Crippen LogP contribution in [-0.2, 0) is 30.4 Å². The number of hydrogen-bond donors (Lipinski definition) is 5. The first kappa shape index (κ1) is 47.2. The molecular weight excluding hydrogens is 810 g/mol. The molecule has 4 aromatic rings. The zero-order chi connectivity index (χ0) is 45.1. The number of carbonyl (C=O) groups excluding carboxylic acids is 6. The maximum atomic E-state index is 14.7. The van der Waals surface area contributed by atoms with Gasteiger partial charge in [0, 0.05) is 66.4 Å². The van der Waals surface area contributed by atoms with E-state index < -0.39 is 53.5 Å². The molecular formula is C48H56ClN5O8. The lowest BCUT2D eigenvalue weighted by atomic mass is 9.88. The number of halogens is 1. The van der Waals surface area contributed by atoms with Crippen molar-refractivity contribution in [1.29, 1.82) is 0 Å². The van der Waals surface area contributed by atoms with E-state index in [1.165, 1.54) is 31.9 Å². The molecule has 0 aromatic heterocycles. The summed E-state index contributed by atoms with van der Waals surface area (Å²) in [5.41, 5.74) is 15.5. The third-order valence-electron chi connectivity index (χ3n) is 11.3. The second-order valence-electron chi connectivity index (χ2n) is 16.0. The molecule has 0 radical (unpaired) electrons. The van der Waals surface area contributed by atoms with E-state index >= 15 is 0 Å². The van der Waals surface area contributed by atoms with Gasteiger partial charge in [-0.25, -0.2) is 0 Å². The second kappa shape index (κ2) is 21.8. The van der Waals surface area contributed by atoms with Gasteiger partial charge in [-0.15, -0.1) is 0 Å². The highest BCUT2D eigenvalue weighted by Gasteiger charge is 2.36. The van der Waals surface area contributed by atoms with E-state index in [2.05, 4.69) is 10.6 Å². The minimum absolute atomic E-state index is 0.00848. The number of fused-ring (bicyclic) bond motifs is 5. The SMILES string of the molecule is CC(=O)[C@H](C)NC(=O)[C@@H]1Cc2ccc(O)c(c2)-c2cc(ccc2OCCN)[C@H](N(C)C(=O)[C@H](CCCCN)CC(=O)c2ccc(-c3ccc(Cl)cc3)cc2)C(=O)C[C@@H](C)C(=O)N1. The van der Waals surface area contributed by atoms with Crippen LogP contribution in [0.5, 0.6) is 11.5 Å². The van der Waals surface area contributed by atoms with Gasteiger partial charge in [0.2, 0.25) is 17.7 Å². The Kier molecular flexibility index (Phi) is 16.6. The van der Waals surface area contributed by atoms with Gasteiger partial charge in [0.05, 0.1) is 6.04 Å². The summed E-state index contributed by atoms with van der Waals surface area (Å²) in [5, 5.41) is 17.3. The largest absolute Gasteiger partial charge is 0.507 e. The van der Waals surface area contributed by atoms with Crippen molar-refractivity contribution in [1.82, 2.24) is 15.5 Å². The van der Waals surface area contributed by atoms with E-state index in [1.807, 2.05) is 24.3 Å². The van der Waals surface area contributed by atoms with E-state index in [0.717, 1.165) is 11.1 Å². The lowest BCUT2D eigenvalue weighted by Crippen LogP contribution is -2.52. The van der Waals surface area contributed by atoms with E-state index in [1.54, 1.807) is 61.5 Å². The van der Waals surface area contributed by atoms with Crippen LogP contribution in [0.4, 0.5) is 0 Å². The summed E-state index contributed by atoms with van der Waals surface area (Å²) in [5.74, 6) is -4.19. The molecule has 5 atom stereocenters. The first-order valence-corrected chi connectivity index (χ1v) is 21.3. The number of amides is 3. The monoisotopic (exact) mass is 865 g/mol. The van der Waals surface area contributed by atoms with Gasteiger partial charge in [-0.3, -0.25) is 28.8 Å². The number of aromatic hydroxyl groups is 1. The average molecular weight is 866 g/mol. The standard InChI is InChI=1S/C48H56ClN5O8/c1-28-23-43(58)45(54(4)48(61)36(7-5-6-20-50)27-42(57)34-11-9-32(10-12-34)33-13-16-37(49)17-14-33)35-15-19-44(62-22-21-51)39(26-35)38-24-31(8-18-41(38)56)25-40(53-46(28)59)47(60)52-29(2)30(3)55/h8-19,24,26,28-29,36,40,45,56H,5-7,20-23,25,27,50-51H2,1-4H3,(H,52,60)(H,53,59)/t28-,29+,36-,40+,45+/m1/s1. The van der Waals surface area contributed by atoms with Gasteiger partial charge in [0.15, 0.2) is 17.3 Å². The van der Waals surface area contributed by atoms with Crippen molar-refractivity contribution in [3.63, 3.8) is 0 Å². The van der Waals surface area contributed by atoms with Gasteiger partial charge in [-0.1, -0.05) is 73.5 Å². The van der Waals surface area contributed by atoms with Crippen LogP contribution in [0.2, 0.25) is 5.02 Å². The van der Waals surface area contributed by atoms with Crippen molar-refractivity contribution >= 4 is 46.7 Å². The number of unbranched alkanes of at least 4 members (excludes halogenated alkanes) is 1.